The Labute approximate surface area is 203 Å². The van der Waals surface area contributed by atoms with Gasteiger partial charge in [0, 0.05) is 12.5 Å². The van der Waals surface area contributed by atoms with Crippen molar-refractivity contribution >= 4 is 11.5 Å². The number of aryl methyl sites for hydroxylation is 2. The fourth-order valence-corrected chi connectivity index (χ4v) is 9.29. The number of fused-ring (bicyclic) bond motifs is 7. The van der Waals surface area contributed by atoms with Crippen molar-refractivity contribution in [3.63, 3.8) is 0 Å². The van der Waals surface area contributed by atoms with E-state index in [1.165, 1.54) is 27.8 Å². The van der Waals surface area contributed by atoms with Crippen molar-refractivity contribution in [1.29, 1.82) is 0 Å². The molecule has 2 fully saturated rings. The molecular weight excluding hydrogens is 428 g/mol. The van der Waals surface area contributed by atoms with Gasteiger partial charge in [-0.15, -0.1) is 0 Å². The molecule has 0 radical (unpaired) electrons. The number of carbonyl (C=O) groups is 1. The van der Waals surface area contributed by atoms with Gasteiger partial charge in [-0.25, -0.2) is 0 Å². The Hall–Kier alpha value is -1.69. The zero-order valence-corrected chi connectivity index (χ0v) is 21.4. The van der Waals surface area contributed by atoms with Crippen LogP contribution in [0.25, 0.3) is 5.57 Å². The standard InChI is InChI=1S/C29H40O5/c1-16-7-8-18-11-14-29(34-6)19(23(18)17(16)2)9-10-21-26(3)15-20(30)24(31)28(5,25(32)33)22(26)12-13-27(21,29)4/h7-9,20-22,24,30-31H,10-15H2,1-6H3,(H,32,33)/t20-,21-,22-,24+,26-,27-,28+,29+/m1/s1. The molecule has 0 aromatic heterocycles. The van der Waals surface area contributed by atoms with Crippen LogP contribution in [0, 0.1) is 41.9 Å². The molecule has 0 bridgehead atoms. The minimum atomic E-state index is -1.37. The first-order chi connectivity index (χ1) is 15.9. The molecule has 34 heavy (non-hydrogen) atoms. The summed E-state index contributed by atoms with van der Waals surface area (Å²) in [6, 6.07) is 4.48. The number of hydrogen-bond donors (Lipinski definition) is 3. The minimum absolute atomic E-state index is 0.148. The van der Waals surface area contributed by atoms with Gasteiger partial charge < -0.3 is 20.1 Å². The van der Waals surface area contributed by atoms with E-state index in [-0.39, 0.29) is 17.3 Å². The first-order valence-corrected chi connectivity index (χ1v) is 12.8. The third kappa shape index (κ3) is 2.64. The highest BCUT2D eigenvalue weighted by Gasteiger charge is 2.71. The lowest BCUT2D eigenvalue weighted by molar-refractivity contribution is -0.245. The average Bonchev–Trinajstić information content (AvgIpc) is 2.79. The topological polar surface area (TPSA) is 87.0 Å². The molecule has 0 saturated heterocycles. The molecule has 1 aromatic rings. The van der Waals surface area contributed by atoms with E-state index in [0.717, 1.165) is 25.7 Å². The molecule has 0 spiro atoms. The summed E-state index contributed by atoms with van der Waals surface area (Å²) >= 11 is 0. The quantitative estimate of drug-likeness (QED) is 0.587. The Kier molecular flexibility index (Phi) is 5.23. The fraction of sp³-hybridized carbons (Fsp3) is 0.690. The first kappa shape index (κ1) is 24.0. The lowest BCUT2D eigenvalue weighted by atomic mass is 9.37. The van der Waals surface area contributed by atoms with Gasteiger partial charge in [-0.2, -0.15) is 0 Å². The SMILES string of the molecule is CO[C@@]12CCc3ccc(C)c(C)c3C1=CC[C@@H]1[C@@]3(C)C[C@@H](O)[C@H](O)[C@@](C)(C(=O)O)[C@@H]3CC[C@]12C. The smallest absolute Gasteiger partial charge is 0.312 e. The van der Waals surface area contributed by atoms with Crippen LogP contribution in [0.15, 0.2) is 18.2 Å². The van der Waals surface area contributed by atoms with Crippen molar-refractivity contribution in [3.05, 3.63) is 40.5 Å². The summed E-state index contributed by atoms with van der Waals surface area (Å²) in [5, 5.41) is 32.0. The number of aliphatic hydroxyl groups is 2. The highest BCUT2D eigenvalue weighted by Crippen LogP contribution is 2.71. The summed E-state index contributed by atoms with van der Waals surface area (Å²) in [4.78, 5) is 12.5. The number of ether oxygens (including phenoxy) is 1. The summed E-state index contributed by atoms with van der Waals surface area (Å²) in [7, 11) is 1.84. The van der Waals surface area contributed by atoms with Crippen molar-refractivity contribution in [3.8, 4) is 0 Å². The minimum Gasteiger partial charge on any atom is -0.481 e. The molecule has 0 amide bonds. The molecule has 5 nitrogen and oxygen atoms in total. The molecule has 5 rings (SSSR count). The molecule has 5 heteroatoms. The summed E-state index contributed by atoms with van der Waals surface area (Å²) in [6.45, 7) is 10.5. The number of aliphatic carboxylic acids is 1. The molecule has 8 atom stereocenters. The van der Waals surface area contributed by atoms with E-state index in [9.17, 15) is 20.1 Å². The van der Waals surface area contributed by atoms with Gasteiger partial charge in [0.1, 0.15) is 0 Å². The third-order valence-electron chi connectivity index (χ3n) is 11.2. The Morgan fingerprint density at radius 1 is 1.09 bits per heavy atom. The van der Waals surface area contributed by atoms with Crippen molar-refractivity contribution in [2.24, 2.45) is 28.1 Å². The van der Waals surface area contributed by atoms with E-state index in [1.54, 1.807) is 6.92 Å². The number of methoxy groups -OCH3 is 1. The maximum Gasteiger partial charge on any atom is 0.312 e. The van der Waals surface area contributed by atoms with Gasteiger partial charge >= 0.3 is 5.97 Å². The highest BCUT2D eigenvalue weighted by atomic mass is 16.5. The Bertz CT molecular complexity index is 1080. The second kappa shape index (κ2) is 7.41. The molecule has 4 aliphatic carbocycles. The van der Waals surface area contributed by atoms with E-state index in [0.29, 0.717) is 12.8 Å². The van der Waals surface area contributed by atoms with Crippen molar-refractivity contribution in [1.82, 2.24) is 0 Å². The van der Waals surface area contributed by atoms with Gasteiger partial charge in [0.05, 0.1) is 23.2 Å². The maximum atomic E-state index is 12.5. The summed E-state index contributed by atoms with van der Waals surface area (Å²) < 4.78 is 6.58. The van der Waals surface area contributed by atoms with Gasteiger partial charge in [0.25, 0.3) is 0 Å². The molecule has 0 aliphatic heterocycles. The largest absolute Gasteiger partial charge is 0.481 e. The van der Waals surface area contributed by atoms with Crippen LogP contribution in [0.1, 0.15) is 75.1 Å². The fourth-order valence-electron chi connectivity index (χ4n) is 9.29. The number of carboxylic acids is 1. The zero-order valence-electron chi connectivity index (χ0n) is 21.4. The molecule has 1 aromatic carbocycles. The maximum absolute atomic E-state index is 12.5. The summed E-state index contributed by atoms with van der Waals surface area (Å²) in [5.74, 6) is -1.07. The molecule has 0 unspecified atom stereocenters. The van der Waals surface area contributed by atoms with Gasteiger partial charge in [-0.05, 0) is 104 Å². The molecule has 3 N–H and O–H groups in total. The van der Waals surface area contributed by atoms with E-state index < -0.39 is 34.6 Å². The van der Waals surface area contributed by atoms with Crippen LogP contribution in [0.5, 0.6) is 0 Å². The normalized spacial score (nSPS) is 45.4. The molecule has 4 aliphatic rings. The van der Waals surface area contributed by atoms with E-state index in [1.807, 2.05) is 7.11 Å². The van der Waals surface area contributed by atoms with Gasteiger partial charge in [-0.3, -0.25) is 4.79 Å². The van der Waals surface area contributed by atoms with Crippen molar-refractivity contribution < 1.29 is 24.9 Å². The number of carboxylic acid groups (broad SMARTS) is 1. The summed E-state index contributed by atoms with van der Waals surface area (Å²) in [5.41, 5.74) is 4.20. The Balaban J connectivity index is 1.69. The predicted molar refractivity (Wildman–Crippen MR) is 131 cm³/mol. The number of aliphatic hydroxyl groups excluding tert-OH is 2. The number of rotatable bonds is 2. The second-order valence-electron chi connectivity index (χ2n) is 12.3. The first-order valence-electron chi connectivity index (χ1n) is 12.8. The molecule has 0 heterocycles. The van der Waals surface area contributed by atoms with E-state index >= 15 is 0 Å². The van der Waals surface area contributed by atoms with Gasteiger partial charge in [0.2, 0.25) is 0 Å². The van der Waals surface area contributed by atoms with E-state index in [4.69, 9.17) is 4.74 Å². The van der Waals surface area contributed by atoms with Crippen LogP contribution in [0.4, 0.5) is 0 Å². The van der Waals surface area contributed by atoms with Gasteiger partial charge in [0.15, 0.2) is 0 Å². The van der Waals surface area contributed by atoms with Crippen molar-refractivity contribution in [2.45, 2.75) is 91.0 Å². The van der Waals surface area contributed by atoms with Crippen LogP contribution < -0.4 is 0 Å². The lowest BCUT2D eigenvalue weighted by Crippen LogP contribution is -2.69. The second-order valence-corrected chi connectivity index (χ2v) is 12.3. The highest BCUT2D eigenvalue weighted by molar-refractivity contribution is 5.81. The number of allylic oxidation sites excluding steroid dienone is 1. The van der Waals surface area contributed by atoms with Crippen LogP contribution in [0.2, 0.25) is 0 Å². The zero-order chi connectivity index (χ0) is 24.8. The molecule has 2 saturated carbocycles. The predicted octanol–water partition coefficient (Wildman–Crippen LogP) is 4.68. The summed E-state index contributed by atoms with van der Waals surface area (Å²) in [6.07, 6.45) is 4.70. The molecular formula is C29H40O5. The lowest BCUT2D eigenvalue weighted by Gasteiger charge is -2.69. The monoisotopic (exact) mass is 468 g/mol. The van der Waals surface area contributed by atoms with Gasteiger partial charge in [-0.1, -0.05) is 32.1 Å². The van der Waals surface area contributed by atoms with Crippen molar-refractivity contribution in [2.75, 3.05) is 7.11 Å². The van der Waals surface area contributed by atoms with E-state index in [2.05, 4.69) is 45.9 Å². The molecule has 186 valence electrons. The Morgan fingerprint density at radius 2 is 1.79 bits per heavy atom. The van der Waals surface area contributed by atoms with Crippen LogP contribution >= 0.6 is 0 Å². The number of hydrogen-bond acceptors (Lipinski definition) is 4. The third-order valence-corrected chi connectivity index (χ3v) is 11.2. The van der Waals surface area contributed by atoms with Crippen LogP contribution in [-0.4, -0.2) is 46.2 Å². The number of benzene rings is 1. The average molecular weight is 469 g/mol. The van der Waals surface area contributed by atoms with Crippen LogP contribution in [0.3, 0.4) is 0 Å². The van der Waals surface area contributed by atoms with Crippen LogP contribution in [-0.2, 0) is 16.0 Å². The Morgan fingerprint density at radius 3 is 2.44 bits per heavy atom.